The molecule has 4 nitrogen and oxygen atoms in total. The molecule has 2 N–H and O–H groups in total. The average Bonchev–Trinajstić information content (AvgIpc) is 2.24. The molecule has 0 rings (SSSR count). The molecular formula is C14H28N2O2. The number of hydrogen-bond donors (Lipinski definition) is 2. The number of nitrogens with one attached hydrogen (secondary N) is 2. The van der Waals surface area contributed by atoms with Crippen molar-refractivity contribution in [2.45, 2.75) is 59.9 Å². The van der Waals surface area contributed by atoms with Crippen molar-refractivity contribution in [1.29, 1.82) is 0 Å². The third-order valence-corrected chi connectivity index (χ3v) is 2.78. The van der Waals surface area contributed by atoms with Gasteiger partial charge >= 0.3 is 0 Å². The molecule has 0 aliphatic heterocycles. The van der Waals surface area contributed by atoms with Crippen LogP contribution in [0.25, 0.3) is 0 Å². The van der Waals surface area contributed by atoms with Gasteiger partial charge in [-0.25, -0.2) is 0 Å². The van der Waals surface area contributed by atoms with E-state index in [1.165, 1.54) is 6.92 Å². The Morgan fingerprint density at radius 2 is 1.78 bits per heavy atom. The van der Waals surface area contributed by atoms with E-state index in [-0.39, 0.29) is 17.7 Å². The van der Waals surface area contributed by atoms with Gasteiger partial charge in [0.05, 0.1) is 6.04 Å². The standard InChI is InChI=1S/C14H28N2O2/c1-6-15-10-8-7-9-12(16-11(2)17)13(18)14(3,4)5/h12,15H,6-10H2,1-5H3,(H,16,17). The van der Waals surface area contributed by atoms with E-state index in [1.54, 1.807) is 0 Å². The first-order valence-corrected chi connectivity index (χ1v) is 6.81. The highest BCUT2D eigenvalue weighted by Gasteiger charge is 2.29. The second kappa shape index (κ2) is 8.25. The normalized spacial score (nSPS) is 13.2. The van der Waals surface area contributed by atoms with Crippen molar-refractivity contribution in [3.05, 3.63) is 0 Å². The lowest BCUT2D eigenvalue weighted by Gasteiger charge is -2.25. The molecule has 0 radical (unpaired) electrons. The first-order chi connectivity index (χ1) is 8.29. The van der Waals surface area contributed by atoms with Gasteiger partial charge in [-0.15, -0.1) is 0 Å². The van der Waals surface area contributed by atoms with Gasteiger partial charge in [0, 0.05) is 12.3 Å². The number of carbonyl (C=O) groups excluding carboxylic acids is 2. The fraction of sp³-hybridized carbons (Fsp3) is 0.857. The topological polar surface area (TPSA) is 58.2 Å². The maximum absolute atomic E-state index is 12.2. The molecule has 0 aromatic carbocycles. The number of hydrogen-bond acceptors (Lipinski definition) is 3. The van der Waals surface area contributed by atoms with E-state index in [4.69, 9.17) is 0 Å². The Labute approximate surface area is 111 Å². The Kier molecular flexibility index (Phi) is 7.83. The van der Waals surface area contributed by atoms with Gasteiger partial charge in [0.2, 0.25) is 5.91 Å². The second-order valence-electron chi connectivity index (χ2n) is 5.72. The molecule has 0 fully saturated rings. The third kappa shape index (κ3) is 7.43. The van der Waals surface area contributed by atoms with Crippen LogP contribution in [-0.4, -0.2) is 30.8 Å². The van der Waals surface area contributed by atoms with Crippen molar-refractivity contribution in [2.24, 2.45) is 5.41 Å². The molecule has 0 spiro atoms. The molecule has 0 aliphatic carbocycles. The summed E-state index contributed by atoms with van der Waals surface area (Å²) >= 11 is 0. The number of unbranched alkanes of at least 4 members (excludes halogenated alkanes) is 1. The van der Waals surface area contributed by atoms with Crippen LogP contribution in [-0.2, 0) is 9.59 Å². The smallest absolute Gasteiger partial charge is 0.217 e. The molecule has 106 valence electrons. The first-order valence-electron chi connectivity index (χ1n) is 6.81. The molecule has 1 unspecified atom stereocenters. The minimum absolute atomic E-state index is 0.112. The van der Waals surface area contributed by atoms with E-state index in [9.17, 15) is 9.59 Å². The summed E-state index contributed by atoms with van der Waals surface area (Å²) in [7, 11) is 0. The third-order valence-electron chi connectivity index (χ3n) is 2.78. The largest absolute Gasteiger partial charge is 0.347 e. The Hall–Kier alpha value is -0.900. The molecule has 0 heterocycles. The Bertz CT molecular complexity index is 269. The van der Waals surface area contributed by atoms with Crippen molar-refractivity contribution in [1.82, 2.24) is 10.6 Å². The molecule has 0 saturated carbocycles. The molecule has 0 bridgehead atoms. The summed E-state index contributed by atoms with van der Waals surface area (Å²) in [6.07, 6.45) is 2.70. The lowest BCUT2D eigenvalue weighted by molar-refractivity contribution is -0.132. The summed E-state index contributed by atoms with van der Waals surface area (Å²) in [5.74, 6) is -0.0227. The summed E-state index contributed by atoms with van der Waals surface area (Å²) in [6, 6.07) is -0.343. The van der Waals surface area contributed by atoms with Gasteiger partial charge in [0.25, 0.3) is 0 Å². The fourth-order valence-electron chi connectivity index (χ4n) is 1.81. The quantitative estimate of drug-likeness (QED) is 0.652. The van der Waals surface area contributed by atoms with Gasteiger partial charge < -0.3 is 10.6 Å². The van der Waals surface area contributed by atoms with Crippen LogP contribution >= 0.6 is 0 Å². The van der Waals surface area contributed by atoms with E-state index in [1.807, 2.05) is 20.8 Å². The summed E-state index contributed by atoms with van der Waals surface area (Å²) in [5, 5.41) is 6.02. The van der Waals surface area contributed by atoms with Crippen LogP contribution in [0.15, 0.2) is 0 Å². The monoisotopic (exact) mass is 256 g/mol. The van der Waals surface area contributed by atoms with Crippen LogP contribution in [0.4, 0.5) is 0 Å². The van der Waals surface area contributed by atoms with Crippen LogP contribution in [0.5, 0.6) is 0 Å². The van der Waals surface area contributed by atoms with Crippen molar-refractivity contribution in [3.63, 3.8) is 0 Å². The highest BCUT2D eigenvalue weighted by atomic mass is 16.2. The molecule has 0 aromatic heterocycles. The van der Waals surface area contributed by atoms with E-state index in [2.05, 4.69) is 17.6 Å². The maximum atomic E-state index is 12.2. The van der Waals surface area contributed by atoms with Gasteiger partial charge in [0.1, 0.15) is 0 Å². The summed E-state index contributed by atoms with van der Waals surface area (Å²) < 4.78 is 0. The molecular weight excluding hydrogens is 228 g/mol. The number of amides is 1. The van der Waals surface area contributed by atoms with E-state index >= 15 is 0 Å². The molecule has 0 aromatic rings. The van der Waals surface area contributed by atoms with Gasteiger partial charge in [-0.2, -0.15) is 0 Å². The zero-order chi connectivity index (χ0) is 14.2. The predicted octanol–water partition coefficient (Wildman–Crippen LogP) is 1.89. The minimum atomic E-state index is -0.408. The summed E-state index contributed by atoms with van der Waals surface area (Å²) in [4.78, 5) is 23.3. The van der Waals surface area contributed by atoms with Gasteiger partial charge in [-0.3, -0.25) is 9.59 Å². The van der Waals surface area contributed by atoms with E-state index < -0.39 is 5.41 Å². The zero-order valence-corrected chi connectivity index (χ0v) is 12.4. The van der Waals surface area contributed by atoms with Gasteiger partial charge in [0.15, 0.2) is 5.78 Å². The Morgan fingerprint density at radius 3 is 2.22 bits per heavy atom. The first kappa shape index (κ1) is 17.1. The lowest BCUT2D eigenvalue weighted by atomic mass is 9.84. The average molecular weight is 256 g/mol. The van der Waals surface area contributed by atoms with Gasteiger partial charge in [-0.05, 0) is 32.4 Å². The summed E-state index contributed by atoms with van der Waals surface area (Å²) in [5.41, 5.74) is -0.408. The Balaban J connectivity index is 4.24. The fourth-order valence-corrected chi connectivity index (χ4v) is 1.81. The molecule has 0 aliphatic rings. The zero-order valence-electron chi connectivity index (χ0n) is 12.4. The lowest BCUT2D eigenvalue weighted by Crippen LogP contribution is -2.44. The SMILES string of the molecule is CCNCCCCC(NC(C)=O)C(=O)C(C)(C)C. The molecule has 4 heteroatoms. The maximum Gasteiger partial charge on any atom is 0.217 e. The van der Waals surface area contributed by atoms with E-state index in [0.717, 1.165) is 32.4 Å². The minimum Gasteiger partial charge on any atom is -0.347 e. The Morgan fingerprint density at radius 1 is 1.17 bits per heavy atom. The number of ketones is 1. The van der Waals surface area contributed by atoms with Crippen molar-refractivity contribution in [2.75, 3.05) is 13.1 Å². The van der Waals surface area contributed by atoms with Gasteiger partial charge in [-0.1, -0.05) is 27.7 Å². The molecule has 18 heavy (non-hydrogen) atoms. The van der Waals surface area contributed by atoms with Crippen LogP contribution in [0.1, 0.15) is 53.9 Å². The van der Waals surface area contributed by atoms with E-state index in [0.29, 0.717) is 0 Å². The van der Waals surface area contributed by atoms with Crippen molar-refractivity contribution < 1.29 is 9.59 Å². The molecule has 1 amide bonds. The predicted molar refractivity (Wildman–Crippen MR) is 74.5 cm³/mol. The van der Waals surface area contributed by atoms with Crippen molar-refractivity contribution in [3.8, 4) is 0 Å². The van der Waals surface area contributed by atoms with Crippen LogP contribution in [0, 0.1) is 5.41 Å². The van der Waals surface area contributed by atoms with Crippen LogP contribution < -0.4 is 10.6 Å². The number of rotatable bonds is 8. The number of Topliss-reactive ketones (excluding diaryl/α,β-unsaturated/α-hetero) is 1. The second-order valence-corrected chi connectivity index (χ2v) is 5.72. The van der Waals surface area contributed by atoms with Crippen LogP contribution in [0.2, 0.25) is 0 Å². The molecule has 0 saturated heterocycles. The van der Waals surface area contributed by atoms with Crippen LogP contribution in [0.3, 0.4) is 0 Å². The highest BCUT2D eigenvalue weighted by Crippen LogP contribution is 2.19. The molecule has 1 atom stereocenters. The highest BCUT2D eigenvalue weighted by molar-refractivity contribution is 5.91. The number of carbonyl (C=O) groups is 2. The summed E-state index contributed by atoms with van der Waals surface area (Å²) in [6.45, 7) is 11.1. The van der Waals surface area contributed by atoms with Crippen molar-refractivity contribution >= 4 is 11.7 Å².